The van der Waals surface area contributed by atoms with Gasteiger partial charge < -0.3 is 14.1 Å². The third kappa shape index (κ3) is 3.61. The standard InChI is InChI=1S/C24H23N3O2/c1-17-7-8-19-15-20(24(26-21(19)13-17)27-9-11-28-12-10-27)23-22(25-16-29-23)14-18-5-3-2-4-6-18/h2-8,13,15-16H,9-12,14H2,1H3. The summed E-state index contributed by atoms with van der Waals surface area (Å²) < 4.78 is 11.5. The number of oxazole rings is 1. The number of pyridine rings is 1. The van der Waals surface area contributed by atoms with Gasteiger partial charge in [-0.15, -0.1) is 0 Å². The fraction of sp³-hybridized carbons (Fsp3) is 0.250. The molecule has 1 aliphatic heterocycles. The minimum absolute atomic E-state index is 0.709. The lowest BCUT2D eigenvalue weighted by atomic mass is 10.0. The Morgan fingerprint density at radius 1 is 1.00 bits per heavy atom. The first kappa shape index (κ1) is 17.9. The molecule has 3 heterocycles. The van der Waals surface area contributed by atoms with Crippen LogP contribution in [0.15, 0.2) is 65.4 Å². The highest BCUT2D eigenvalue weighted by atomic mass is 16.5. The summed E-state index contributed by atoms with van der Waals surface area (Å²) in [6.07, 6.45) is 2.26. The molecule has 5 nitrogen and oxygen atoms in total. The van der Waals surface area contributed by atoms with Gasteiger partial charge in [-0.3, -0.25) is 0 Å². The van der Waals surface area contributed by atoms with E-state index in [0.29, 0.717) is 13.2 Å². The Kier molecular flexibility index (Phi) is 4.74. The number of benzene rings is 2. The van der Waals surface area contributed by atoms with Crippen LogP contribution in [0, 0.1) is 6.92 Å². The van der Waals surface area contributed by atoms with Crippen LogP contribution in [0.2, 0.25) is 0 Å². The van der Waals surface area contributed by atoms with Crippen molar-refractivity contribution in [2.75, 3.05) is 31.2 Å². The highest BCUT2D eigenvalue weighted by Crippen LogP contribution is 2.35. The van der Waals surface area contributed by atoms with Crippen molar-refractivity contribution in [3.63, 3.8) is 0 Å². The molecule has 4 aromatic rings. The van der Waals surface area contributed by atoms with E-state index >= 15 is 0 Å². The molecule has 0 saturated carbocycles. The van der Waals surface area contributed by atoms with Gasteiger partial charge in [0.2, 0.25) is 0 Å². The average Bonchev–Trinajstić information content (AvgIpc) is 3.22. The highest BCUT2D eigenvalue weighted by Gasteiger charge is 2.22. The zero-order valence-electron chi connectivity index (χ0n) is 16.5. The number of aromatic nitrogens is 2. The third-order valence-electron chi connectivity index (χ3n) is 5.36. The first-order valence-electron chi connectivity index (χ1n) is 9.99. The maximum atomic E-state index is 5.92. The van der Waals surface area contributed by atoms with E-state index in [1.165, 1.54) is 17.5 Å². The molecule has 0 radical (unpaired) electrons. The summed E-state index contributed by atoms with van der Waals surface area (Å²) in [5, 5.41) is 1.10. The van der Waals surface area contributed by atoms with Gasteiger partial charge in [-0.1, -0.05) is 42.5 Å². The summed E-state index contributed by atoms with van der Waals surface area (Å²) in [6.45, 7) is 5.15. The largest absolute Gasteiger partial charge is 0.443 e. The van der Waals surface area contributed by atoms with Gasteiger partial charge in [0.15, 0.2) is 12.2 Å². The van der Waals surface area contributed by atoms with Gasteiger partial charge in [-0.25, -0.2) is 9.97 Å². The number of nitrogens with zero attached hydrogens (tertiary/aromatic N) is 3. The van der Waals surface area contributed by atoms with Gasteiger partial charge in [-0.2, -0.15) is 0 Å². The Morgan fingerprint density at radius 3 is 2.66 bits per heavy atom. The quantitative estimate of drug-likeness (QED) is 0.513. The topological polar surface area (TPSA) is 51.4 Å². The molecule has 0 unspecified atom stereocenters. The molecule has 29 heavy (non-hydrogen) atoms. The lowest BCUT2D eigenvalue weighted by molar-refractivity contribution is 0.122. The monoisotopic (exact) mass is 385 g/mol. The average molecular weight is 385 g/mol. The van der Waals surface area contributed by atoms with Gasteiger partial charge in [0.05, 0.1) is 30.0 Å². The van der Waals surface area contributed by atoms with Crippen molar-refractivity contribution in [2.24, 2.45) is 0 Å². The van der Waals surface area contributed by atoms with Crippen molar-refractivity contribution < 1.29 is 9.15 Å². The molecule has 2 aromatic carbocycles. The number of aryl methyl sites for hydroxylation is 1. The van der Waals surface area contributed by atoms with E-state index in [1.807, 2.05) is 18.2 Å². The number of rotatable bonds is 4. The summed E-state index contributed by atoms with van der Waals surface area (Å²) in [5.41, 5.74) is 5.33. The summed E-state index contributed by atoms with van der Waals surface area (Å²) in [5.74, 6) is 1.74. The Labute approximate surface area is 170 Å². The zero-order valence-corrected chi connectivity index (χ0v) is 16.5. The number of ether oxygens (including phenoxy) is 1. The van der Waals surface area contributed by atoms with Crippen molar-refractivity contribution in [3.8, 4) is 11.3 Å². The first-order valence-corrected chi connectivity index (χ1v) is 9.99. The van der Waals surface area contributed by atoms with Crippen LogP contribution in [-0.4, -0.2) is 36.3 Å². The van der Waals surface area contributed by atoms with Crippen LogP contribution in [0.4, 0.5) is 5.82 Å². The fourth-order valence-electron chi connectivity index (χ4n) is 3.85. The summed E-state index contributed by atoms with van der Waals surface area (Å²) in [7, 11) is 0. The molecule has 0 aliphatic carbocycles. The van der Waals surface area contributed by atoms with E-state index in [9.17, 15) is 0 Å². The van der Waals surface area contributed by atoms with Crippen LogP contribution >= 0.6 is 0 Å². The smallest absolute Gasteiger partial charge is 0.181 e. The normalized spacial score (nSPS) is 14.4. The van der Waals surface area contributed by atoms with Crippen LogP contribution in [0.3, 0.4) is 0 Å². The second kappa shape index (κ2) is 7.68. The second-order valence-electron chi connectivity index (χ2n) is 7.45. The van der Waals surface area contributed by atoms with Crippen LogP contribution < -0.4 is 4.90 Å². The predicted octanol–water partition coefficient (Wildman–Crippen LogP) is 4.63. The highest BCUT2D eigenvalue weighted by molar-refractivity contribution is 5.89. The maximum absolute atomic E-state index is 5.92. The lowest BCUT2D eigenvalue weighted by Gasteiger charge is -2.29. The number of morpholine rings is 1. The van der Waals surface area contributed by atoms with Gasteiger partial charge in [-0.05, 0) is 30.2 Å². The van der Waals surface area contributed by atoms with E-state index in [-0.39, 0.29) is 0 Å². The SMILES string of the molecule is Cc1ccc2cc(-c3ocnc3Cc3ccccc3)c(N3CCOCC3)nc2c1. The van der Waals surface area contributed by atoms with E-state index < -0.39 is 0 Å². The molecule has 0 atom stereocenters. The molecule has 1 saturated heterocycles. The first-order chi connectivity index (χ1) is 14.3. The van der Waals surface area contributed by atoms with E-state index in [4.69, 9.17) is 14.1 Å². The van der Waals surface area contributed by atoms with Crippen molar-refractivity contribution in [1.29, 1.82) is 0 Å². The zero-order chi connectivity index (χ0) is 19.6. The van der Waals surface area contributed by atoms with Gasteiger partial charge in [0.1, 0.15) is 5.82 Å². The molecule has 0 amide bonds. The van der Waals surface area contributed by atoms with Gasteiger partial charge in [0.25, 0.3) is 0 Å². The van der Waals surface area contributed by atoms with Crippen molar-refractivity contribution in [2.45, 2.75) is 13.3 Å². The van der Waals surface area contributed by atoms with E-state index in [0.717, 1.165) is 53.2 Å². The van der Waals surface area contributed by atoms with E-state index in [1.54, 1.807) is 0 Å². The molecule has 5 heteroatoms. The molecule has 146 valence electrons. The van der Waals surface area contributed by atoms with Crippen molar-refractivity contribution in [3.05, 3.63) is 77.8 Å². The number of fused-ring (bicyclic) bond motifs is 1. The molecule has 1 fully saturated rings. The number of hydrogen-bond donors (Lipinski definition) is 0. The van der Waals surface area contributed by atoms with Crippen molar-refractivity contribution in [1.82, 2.24) is 9.97 Å². The number of hydrogen-bond acceptors (Lipinski definition) is 5. The number of anilines is 1. The van der Waals surface area contributed by atoms with Crippen LogP contribution in [0.1, 0.15) is 16.8 Å². The minimum Gasteiger partial charge on any atom is -0.443 e. The second-order valence-corrected chi connectivity index (χ2v) is 7.45. The lowest BCUT2D eigenvalue weighted by Crippen LogP contribution is -2.37. The molecular weight excluding hydrogens is 362 g/mol. The molecule has 1 aliphatic rings. The van der Waals surface area contributed by atoms with Crippen molar-refractivity contribution >= 4 is 16.7 Å². The maximum Gasteiger partial charge on any atom is 0.181 e. The van der Waals surface area contributed by atoms with Gasteiger partial charge >= 0.3 is 0 Å². The molecular formula is C24H23N3O2. The van der Waals surface area contributed by atoms with Crippen LogP contribution in [0.25, 0.3) is 22.2 Å². The summed E-state index contributed by atoms with van der Waals surface area (Å²) in [6, 6.07) is 18.9. The van der Waals surface area contributed by atoms with E-state index in [2.05, 4.69) is 53.2 Å². The third-order valence-corrected chi connectivity index (χ3v) is 5.36. The molecule has 0 spiro atoms. The summed E-state index contributed by atoms with van der Waals surface area (Å²) in [4.78, 5) is 11.9. The molecule has 2 aromatic heterocycles. The Hall–Kier alpha value is -3.18. The Morgan fingerprint density at radius 2 is 1.83 bits per heavy atom. The minimum atomic E-state index is 0.709. The Balaban J connectivity index is 1.64. The van der Waals surface area contributed by atoms with Crippen LogP contribution in [-0.2, 0) is 11.2 Å². The van der Waals surface area contributed by atoms with Gasteiger partial charge in [0, 0.05) is 24.9 Å². The summed E-state index contributed by atoms with van der Waals surface area (Å²) >= 11 is 0. The Bertz CT molecular complexity index is 1130. The molecule has 0 N–H and O–H groups in total. The predicted molar refractivity (Wildman–Crippen MR) is 114 cm³/mol. The fourth-order valence-corrected chi connectivity index (χ4v) is 3.85. The molecule has 0 bridgehead atoms. The molecule has 5 rings (SSSR count). The van der Waals surface area contributed by atoms with Crippen LogP contribution in [0.5, 0.6) is 0 Å².